The van der Waals surface area contributed by atoms with Gasteiger partial charge in [-0.3, -0.25) is 5.01 Å². The average molecular weight is 382 g/mol. The lowest BCUT2D eigenvalue weighted by Crippen LogP contribution is -2.52. The fraction of sp³-hybridized carbons (Fsp3) is 0.238. The van der Waals surface area contributed by atoms with E-state index in [2.05, 4.69) is 10.2 Å². The van der Waals surface area contributed by atoms with Crippen LogP contribution in [0, 0.1) is 0 Å². The van der Waals surface area contributed by atoms with Crippen molar-refractivity contribution in [2.24, 2.45) is 0 Å². The molecule has 0 fully saturated rings. The van der Waals surface area contributed by atoms with E-state index in [-0.39, 0.29) is 5.57 Å². The lowest BCUT2D eigenvalue weighted by molar-refractivity contribution is -0.137. The molecule has 0 radical (unpaired) electrons. The van der Waals surface area contributed by atoms with Crippen LogP contribution in [0.25, 0.3) is 0 Å². The van der Waals surface area contributed by atoms with Crippen LogP contribution in [0.2, 0.25) is 0 Å². The summed E-state index contributed by atoms with van der Waals surface area (Å²) in [5.74, 6) is -0.599. The van der Waals surface area contributed by atoms with Crippen molar-refractivity contribution >= 4 is 12.1 Å². The number of aliphatic hydroxyl groups excluding tert-OH is 1. The van der Waals surface area contributed by atoms with Gasteiger partial charge < -0.3 is 14.6 Å². The van der Waals surface area contributed by atoms with E-state index in [1.165, 1.54) is 19.2 Å². The first-order valence-electron chi connectivity index (χ1n) is 8.71. The number of aliphatic hydroxyl groups is 1. The van der Waals surface area contributed by atoms with E-state index < -0.39 is 23.7 Å². The second-order valence-electron chi connectivity index (χ2n) is 6.34. The lowest BCUT2D eigenvalue weighted by Gasteiger charge is -2.37. The number of hydrogen-bond acceptors (Lipinski definition) is 6. The first kappa shape index (κ1) is 19.4. The van der Waals surface area contributed by atoms with Crippen LogP contribution < -0.4 is 5.43 Å². The fourth-order valence-electron chi connectivity index (χ4n) is 3.77. The van der Waals surface area contributed by atoms with Gasteiger partial charge in [-0.1, -0.05) is 60.7 Å². The Morgan fingerprint density at radius 3 is 1.89 bits per heavy atom. The maximum Gasteiger partial charge on any atom is 0.425 e. The second-order valence-corrected chi connectivity index (χ2v) is 6.34. The van der Waals surface area contributed by atoms with Gasteiger partial charge in [0, 0.05) is 5.70 Å². The molecule has 146 valence electrons. The van der Waals surface area contributed by atoms with Crippen molar-refractivity contribution in [3.63, 3.8) is 0 Å². The third kappa shape index (κ3) is 2.90. The lowest BCUT2D eigenvalue weighted by atomic mass is 9.69. The number of allylic oxidation sites excluding steroid dienone is 1. The van der Waals surface area contributed by atoms with Crippen LogP contribution in [0.15, 0.2) is 71.9 Å². The molecule has 0 saturated carbocycles. The first-order valence-corrected chi connectivity index (χ1v) is 8.71. The Bertz CT molecular complexity index is 856. The topological polar surface area (TPSA) is 88.1 Å². The van der Waals surface area contributed by atoms with Crippen molar-refractivity contribution in [1.82, 2.24) is 10.4 Å². The summed E-state index contributed by atoms with van der Waals surface area (Å²) in [5.41, 5.74) is 3.17. The Balaban J connectivity index is 2.33. The number of hydrazine groups is 1. The molecule has 2 N–H and O–H groups in total. The maximum absolute atomic E-state index is 12.9. The van der Waals surface area contributed by atoms with Gasteiger partial charge in [0.15, 0.2) is 6.23 Å². The number of benzene rings is 2. The molecule has 1 aliphatic heterocycles. The molecule has 1 heterocycles. The van der Waals surface area contributed by atoms with E-state index in [0.29, 0.717) is 16.8 Å². The van der Waals surface area contributed by atoms with Crippen LogP contribution in [0.3, 0.4) is 0 Å². The van der Waals surface area contributed by atoms with Crippen molar-refractivity contribution < 1.29 is 24.2 Å². The summed E-state index contributed by atoms with van der Waals surface area (Å²) in [6.07, 6.45) is -2.08. The molecule has 1 unspecified atom stereocenters. The van der Waals surface area contributed by atoms with Gasteiger partial charge in [-0.2, -0.15) is 0 Å². The summed E-state index contributed by atoms with van der Waals surface area (Å²) in [4.78, 5) is 24.7. The molecule has 1 atom stereocenters. The smallest absolute Gasteiger partial charge is 0.425 e. The zero-order chi connectivity index (χ0) is 20.3. The normalized spacial score (nSPS) is 18.0. The Morgan fingerprint density at radius 2 is 1.46 bits per heavy atom. The van der Waals surface area contributed by atoms with E-state index in [0.717, 1.165) is 0 Å². The van der Waals surface area contributed by atoms with E-state index in [1.54, 1.807) is 6.92 Å². The highest BCUT2D eigenvalue weighted by atomic mass is 16.5. The third-order valence-corrected chi connectivity index (χ3v) is 4.99. The minimum Gasteiger partial charge on any atom is -0.466 e. The Hall–Kier alpha value is -3.32. The molecule has 3 rings (SSSR count). The molecule has 7 nitrogen and oxygen atoms in total. The number of amides is 1. The van der Waals surface area contributed by atoms with E-state index >= 15 is 0 Å². The number of rotatable bonds is 4. The zero-order valence-corrected chi connectivity index (χ0v) is 15.9. The van der Waals surface area contributed by atoms with Gasteiger partial charge in [0.05, 0.1) is 19.8 Å². The van der Waals surface area contributed by atoms with E-state index in [4.69, 9.17) is 4.74 Å². The van der Waals surface area contributed by atoms with Crippen molar-refractivity contribution in [2.75, 3.05) is 14.2 Å². The molecule has 0 bridgehead atoms. The summed E-state index contributed by atoms with van der Waals surface area (Å²) in [7, 11) is 2.51. The summed E-state index contributed by atoms with van der Waals surface area (Å²) in [5, 5.41) is 12.7. The monoisotopic (exact) mass is 382 g/mol. The van der Waals surface area contributed by atoms with Crippen LogP contribution >= 0.6 is 0 Å². The summed E-state index contributed by atoms with van der Waals surface area (Å²) >= 11 is 0. The number of methoxy groups -OCH3 is 2. The summed E-state index contributed by atoms with van der Waals surface area (Å²) in [6, 6.07) is 18.3. The van der Waals surface area contributed by atoms with Gasteiger partial charge in [0.25, 0.3) is 0 Å². The Morgan fingerprint density at radius 1 is 0.964 bits per heavy atom. The van der Waals surface area contributed by atoms with Crippen molar-refractivity contribution in [1.29, 1.82) is 0 Å². The summed E-state index contributed by atoms with van der Waals surface area (Å²) in [6.45, 7) is 1.64. The molecular formula is C21H22N2O5. The van der Waals surface area contributed by atoms with Crippen molar-refractivity contribution in [2.45, 2.75) is 18.6 Å². The van der Waals surface area contributed by atoms with Crippen LogP contribution in [-0.4, -0.2) is 42.6 Å². The van der Waals surface area contributed by atoms with Crippen molar-refractivity contribution in [3.05, 3.63) is 83.1 Å². The fourth-order valence-corrected chi connectivity index (χ4v) is 3.77. The van der Waals surface area contributed by atoms with Gasteiger partial charge in [0.2, 0.25) is 0 Å². The number of hydrogen-bond donors (Lipinski definition) is 2. The van der Waals surface area contributed by atoms with Gasteiger partial charge in [-0.15, -0.1) is 0 Å². The highest BCUT2D eigenvalue weighted by Crippen LogP contribution is 2.49. The van der Waals surface area contributed by atoms with Gasteiger partial charge in [-0.05, 0) is 18.1 Å². The largest absolute Gasteiger partial charge is 0.466 e. The molecule has 28 heavy (non-hydrogen) atoms. The van der Waals surface area contributed by atoms with Crippen LogP contribution in [0.4, 0.5) is 4.79 Å². The predicted octanol–water partition coefficient (Wildman–Crippen LogP) is 2.32. The van der Waals surface area contributed by atoms with Gasteiger partial charge in [-0.25, -0.2) is 15.0 Å². The molecule has 2 aromatic rings. The number of esters is 1. The highest BCUT2D eigenvalue weighted by Gasteiger charge is 2.57. The molecule has 0 aromatic heterocycles. The number of ether oxygens (including phenoxy) is 2. The molecule has 0 spiro atoms. The van der Waals surface area contributed by atoms with Gasteiger partial charge >= 0.3 is 12.1 Å². The standard InChI is InChI=1S/C21H22N2O5/c1-14-17(18(24)27-2)21(15-10-6-4-7-11-15,16-12-8-5-9-13-16)19(25)23(14)22-20(26)28-3/h4-13,19,25H,1-3H3,(H,22,26). The number of nitrogens with one attached hydrogen (secondary N) is 1. The third-order valence-electron chi connectivity index (χ3n) is 4.99. The van der Waals surface area contributed by atoms with Crippen LogP contribution in [0.1, 0.15) is 18.1 Å². The predicted molar refractivity (Wildman–Crippen MR) is 102 cm³/mol. The molecule has 0 aliphatic carbocycles. The van der Waals surface area contributed by atoms with Crippen LogP contribution in [0.5, 0.6) is 0 Å². The zero-order valence-electron chi connectivity index (χ0n) is 15.9. The van der Waals surface area contributed by atoms with Crippen LogP contribution in [-0.2, 0) is 19.7 Å². The maximum atomic E-state index is 12.9. The second kappa shape index (κ2) is 7.74. The average Bonchev–Trinajstić information content (AvgIpc) is 2.96. The molecule has 1 aliphatic rings. The van der Waals surface area contributed by atoms with E-state index in [9.17, 15) is 14.7 Å². The Labute approximate surface area is 163 Å². The highest BCUT2D eigenvalue weighted by molar-refractivity contribution is 5.95. The minimum absolute atomic E-state index is 0.233. The molecule has 1 amide bonds. The number of carbonyl (C=O) groups excluding carboxylic acids is 2. The SMILES string of the molecule is COC(=O)NN1C(C)=C(C(=O)OC)C(c2ccccc2)(c2ccccc2)C1O. The quantitative estimate of drug-likeness (QED) is 0.789. The minimum atomic E-state index is -1.31. The number of nitrogens with zero attached hydrogens (tertiary/aromatic N) is 1. The molecular weight excluding hydrogens is 360 g/mol. The van der Waals surface area contributed by atoms with Crippen molar-refractivity contribution in [3.8, 4) is 0 Å². The molecule has 7 heteroatoms. The van der Waals surface area contributed by atoms with E-state index in [1.807, 2.05) is 60.7 Å². The Kier molecular flexibility index (Phi) is 5.37. The van der Waals surface area contributed by atoms with Gasteiger partial charge in [0.1, 0.15) is 5.41 Å². The number of carbonyl (C=O) groups is 2. The molecule has 2 aromatic carbocycles. The first-order chi connectivity index (χ1) is 13.5. The molecule has 0 saturated heterocycles. The summed E-state index contributed by atoms with van der Waals surface area (Å²) < 4.78 is 9.72.